The number of halogens is 1. The largest absolute Gasteiger partial charge is 0.311 e. The van der Waals surface area contributed by atoms with Crippen molar-refractivity contribution >= 4 is 5.69 Å². The summed E-state index contributed by atoms with van der Waals surface area (Å²) in [5.41, 5.74) is 0.243. The van der Waals surface area contributed by atoms with Gasteiger partial charge in [0.15, 0.2) is 11.5 Å². The quantitative estimate of drug-likeness (QED) is 0.662. The van der Waals surface area contributed by atoms with Crippen molar-refractivity contribution in [3.8, 4) is 5.69 Å². The molecule has 0 atom stereocenters. The second-order valence-corrected chi connectivity index (χ2v) is 3.90. The van der Waals surface area contributed by atoms with Crippen LogP contribution in [0.5, 0.6) is 0 Å². The van der Waals surface area contributed by atoms with Gasteiger partial charge in [0.05, 0.1) is 10.6 Å². The number of nitrogens with one attached hydrogen (secondary N) is 1. The molecule has 0 radical (unpaired) electrons. The van der Waals surface area contributed by atoms with Crippen LogP contribution < -0.4 is 5.32 Å². The number of aromatic nitrogens is 2. The zero-order valence-electron chi connectivity index (χ0n) is 10.3. The zero-order valence-corrected chi connectivity index (χ0v) is 10.3. The summed E-state index contributed by atoms with van der Waals surface area (Å²) in [4.78, 5) is 10.3. The van der Waals surface area contributed by atoms with Crippen molar-refractivity contribution < 1.29 is 9.31 Å². The van der Waals surface area contributed by atoms with E-state index in [0.29, 0.717) is 12.2 Å². The highest BCUT2D eigenvalue weighted by molar-refractivity contribution is 5.52. The third-order valence-electron chi connectivity index (χ3n) is 2.59. The fourth-order valence-corrected chi connectivity index (χ4v) is 1.71. The van der Waals surface area contributed by atoms with Crippen molar-refractivity contribution in [2.24, 2.45) is 0 Å². The Hall–Kier alpha value is -2.28. The van der Waals surface area contributed by atoms with Crippen LogP contribution in [0, 0.1) is 15.9 Å². The molecule has 6 nitrogen and oxygen atoms in total. The van der Waals surface area contributed by atoms with Crippen molar-refractivity contribution in [3.05, 3.63) is 52.1 Å². The van der Waals surface area contributed by atoms with Gasteiger partial charge in [-0.2, -0.15) is 5.10 Å². The van der Waals surface area contributed by atoms with Gasteiger partial charge >= 0.3 is 0 Å². The van der Waals surface area contributed by atoms with E-state index in [4.69, 9.17) is 0 Å². The fraction of sp³-hybridized carbons (Fsp3) is 0.250. The van der Waals surface area contributed by atoms with E-state index in [9.17, 15) is 14.5 Å². The smallest absolute Gasteiger partial charge is 0.297 e. The highest BCUT2D eigenvalue weighted by Gasteiger charge is 2.20. The van der Waals surface area contributed by atoms with Gasteiger partial charge in [0, 0.05) is 18.8 Å². The van der Waals surface area contributed by atoms with Crippen molar-refractivity contribution in [2.45, 2.75) is 13.5 Å². The van der Waals surface area contributed by atoms with E-state index >= 15 is 0 Å². The molecule has 2 aromatic rings. The van der Waals surface area contributed by atoms with Crippen LogP contribution >= 0.6 is 0 Å². The summed E-state index contributed by atoms with van der Waals surface area (Å²) in [6.45, 7) is 3.27. The molecule has 7 heteroatoms. The Morgan fingerprint density at radius 3 is 2.95 bits per heavy atom. The van der Waals surface area contributed by atoms with Gasteiger partial charge in [-0.25, -0.2) is 9.07 Å². The lowest BCUT2D eigenvalue weighted by Crippen LogP contribution is -2.12. The Morgan fingerprint density at radius 1 is 1.47 bits per heavy atom. The number of nitrogens with zero attached hydrogens (tertiary/aromatic N) is 3. The first kappa shape index (κ1) is 13.2. The van der Waals surface area contributed by atoms with Gasteiger partial charge in [-0.05, 0) is 18.7 Å². The van der Waals surface area contributed by atoms with E-state index in [2.05, 4.69) is 10.4 Å². The molecular weight excluding hydrogens is 251 g/mol. The Balaban J connectivity index is 2.41. The van der Waals surface area contributed by atoms with Crippen molar-refractivity contribution in [3.63, 3.8) is 0 Å². The number of hydrogen-bond acceptors (Lipinski definition) is 4. The normalized spacial score (nSPS) is 10.6. The zero-order chi connectivity index (χ0) is 13.8. The molecule has 0 amide bonds. The van der Waals surface area contributed by atoms with Gasteiger partial charge in [-0.3, -0.25) is 10.1 Å². The molecule has 1 heterocycles. The average Bonchev–Trinajstić information content (AvgIpc) is 2.84. The summed E-state index contributed by atoms with van der Waals surface area (Å²) < 4.78 is 15.0. The second-order valence-electron chi connectivity index (χ2n) is 3.90. The molecule has 0 saturated heterocycles. The lowest BCUT2D eigenvalue weighted by Gasteiger charge is -2.04. The standard InChI is InChI=1S/C12H13FN4O2/c1-2-14-8-9-6-7-16(15-9)12-10(13)4-3-5-11(12)17(18)19/h3-7,14H,2,8H2,1H3. The van der Waals surface area contributed by atoms with Gasteiger partial charge < -0.3 is 5.32 Å². The molecule has 0 aliphatic rings. The number of para-hydroxylation sites is 1. The minimum Gasteiger partial charge on any atom is -0.311 e. The molecule has 0 bridgehead atoms. The Labute approximate surface area is 109 Å². The fourth-order valence-electron chi connectivity index (χ4n) is 1.71. The van der Waals surface area contributed by atoms with Crippen molar-refractivity contribution in [1.82, 2.24) is 15.1 Å². The molecule has 0 aliphatic heterocycles. The summed E-state index contributed by atoms with van der Waals surface area (Å²) in [6, 6.07) is 5.43. The molecule has 0 spiro atoms. The number of nitro benzene ring substituents is 1. The third-order valence-corrected chi connectivity index (χ3v) is 2.59. The van der Waals surface area contributed by atoms with E-state index < -0.39 is 10.7 Å². The van der Waals surface area contributed by atoms with Crippen LogP contribution in [0.2, 0.25) is 0 Å². The molecule has 0 fully saturated rings. The summed E-state index contributed by atoms with van der Waals surface area (Å²) in [7, 11) is 0. The highest BCUT2D eigenvalue weighted by atomic mass is 19.1. The number of rotatable bonds is 5. The van der Waals surface area contributed by atoms with E-state index in [-0.39, 0.29) is 11.4 Å². The summed E-state index contributed by atoms with van der Waals surface area (Å²) in [5.74, 6) is -0.674. The molecule has 100 valence electrons. The Bertz CT molecular complexity index is 597. The van der Waals surface area contributed by atoms with Crippen LogP contribution in [0.1, 0.15) is 12.6 Å². The predicted molar refractivity (Wildman–Crippen MR) is 67.6 cm³/mol. The van der Waals surface area contributed by atoms with Crippen LogP contribution in [-0.4, -0.2) is 21.2 Å². The Morgan fingerprint density at radius 2 is 2.26 bits per heavy atom. The van der Waals surface area contributed by atoms with Gasteiger partial charge in [0.25, 0.3) is 5.69 Å². The van der Waals surface area contributed by atoms with Crippen LogP contribution in [0.25, 0.3) is 5.69 Å². The topological polar surface area (TPSA) is 73.0 Å². The van der Waals surface area contributed by atoms with Crippen LogP contribution in [-0.2, 0) is 6.54 Å². The molecule has 0 unspecified atom stereocenters. The first-order valence-corrected chi connectivity index (χ1v) is 5.82. The monoisotopic (exact) mass is 264 g/mol. The van der Waals surface area contributed by atoms with E-state index in [0.717, 1.165) is 6.54 Å². The lowest BCUT2D eigenvalue weighted by atomic mass is 10.2. The van der Waals surface area contributed by atoms with E-state index in [1.807, 2.05) is 6.92 Å². The van der Waals surface area contributed by atoms with Gasteiger partial charge in [-0.15, -0.1) is 0 Å². The first-order valence-electron chi connectivity index (χ1n) is 5.82. The maximum atomic E-state index is 13.8. The molecule has 2 rings (SSSR count). The number of nitro groups is 1. The first-order chi connectivity index (χ1) is 9.13. The maximum Gasteiger partial charge on any atom is 0.297 e. The second kappa shape index (κ2) is 5.57. The molecule has 0 aliphatic carbocycles. The maximum absolute atomic E-state index is 13.8. The van der Waals surface area contributed by atoms with Crippen molar-refractivity contribution in [2.75, 3.05) is 6.54 Å². The predicted octanol–water partition coefficient (Wildman–Crippen LogP) is 2.03. The molecule has 19 heavy (non-hydrogen) atoms. The van der Waals surface area contributed by atoms with E-state index in [1.165, 1.54) is 29.1 Å². The van der Waals surface area contributed by atoms with E-state index in [1.54, 1.807) is 6.07 Å². The highest BCUT2D eigenvalue weighted by Crippen LogP contribution is 2.24. The third kappa shape index (κ3) is 2.76. The Kier molecular flexibility index (Phi) is 3.86. The molecule has 1 N–H and O–H groups in total. The minimum atomic E-state index is -0.674. The summed E-state index contributed by atoms with van der Waals surface area (Å²) in [5, 5.41) is 18.1. The van der Waals surface area contributed by atoms with Gasteiger partial charge in [0.2, 0.25) is 0 Å². The van der Waals surface area contributed by atoms with Crippen LogP contribution in [0.3, 0.4) is 0 Å². The lowest BCUT2D eigenvalue weighted by molar-refractivity contribution is -0.384. The van der Waals surface area contributed by atoms with Crippen LogP contribution in [0.15, 0.2) is 30.5 Å². The molecule has 1 aromatic carbocycles. The summed E-state index contributed by atoms with van der Waals surface area (Å²) >= 11 is 0. The molecular formula is C12H13FN4O2. The minimum absolute atomic E-state index is 0.143. The molecule has 1 aromatic heterocycles. The van der Waals surface area contributed by atoms with Crippen LogP contribution in [0.4, 0.5) is 10.1 Å². The SMILES string of the molecule is CCNCc1ccn(-c2c(F)cccc2[N+](=O)[O-])n1. The van der Waals surface area contributed by atoms with Gasteiger partial charge in [0.1, 0.15) is 0 Å². The van der Waals surface area contributed by atoms with Crippen molar-refractivity contribution in [1.29, 1.82) is 0 Å². The molecule has 0 saturated carbocycles. The number of hydrogen-bond donors (Lipinski definition) is 1. The number of benzene rings is 1. The van der Waals surface area contributed by atoms with Gasteiger partial charge in [-0.1, -0.05) is 13.0 Å². The average molecular weight is 264 g/mol. The summed E-state index contributed by atoms with van der Waals surface area (Å²) in [6.07, 6.45) is 1.51.